The SMILES string of the molecule is Oc1ccc(C(F)(F)F)cc1C1(O)CCCC1. The second-order valence-electron chi connectivity index (χ2n) is 4.47. The molecule has 0 unspecified atom stereocenters. The lowest BCUT2D eigenvalue weighted by Crippen LogP contribution is -2.22. The van der Waals surface area contributed by atoms with E-state index < -0.39 is 17.3 Å². The zero-order valence-electron chi connectivity index (χ0n) is 9.09. The molecule has 0 saturated heterocycles. The minimum Gasteiger partial charge on any atom is -0.508 e. The van der Waals surface area contributed by atoms with Crippen molar-refractivity contribution in [3.05, 3.63) is 29.3 Å². The van der Waals surface area contributed by atoms with Gasteiger partial charge in [0.1, 0.15) is 5.75 Å². The first-order valence-corrected chi connectivity index (χ1v) is 5.46. The maximum Gasteiger partial charge on any atom is 0.416 e. The van der Waals surface area contributed by atoms with Gasteiger partial charge in [0.2, 0.25) is 0 Å². The molecule has 94 valence electrons. The Hall–Kier alpha value is -1.23. The third kappa shape index (κ3) is 2.24. The van der Waals surface area contributed by atoms with Crippen LogP contribution in [0.15, 0.2) is 18.2 Å². The molecule has 0 bridgehead atoms. The molecule has 1 fully saturated rings. The van der Waals surface area contributed by atoms with E-state index in [0.29, 0.717) is 12.8 Å². The molecular formula is C12H13F3O2. The summed E-state index contributed by atoms with van der Waals surface area (Å²) in [4.78, 5) is 0. The monoisotopic (exact) mass is 246 g/mol. The van der Waals surface area contributed by atoms with Crippen molar-refractivity contribution in [2.75, 3.05) is 0 Å². The van der Waals surface area contributed by atoms with Crippen molar-refractivity contribution in [1.82, 2.24) is 0 Å². The normalized spacial score (nSPS) is 19.5. The van der Waals surface area contributed by atoms with Gasteiger partial charge in [0.05, 0.1) is 11.2 Å². The fraction of sp³-hybridized carbons (Fsp3) is 0.500. The van der Waals surface area contributed by atoms with Gasteiger partial charge in [-0.15, -0.1) is 0 Å². The fourth-order valence-electron chi connectivity index (χ4n) is 2.31. The Labute approximate surface area is 96.7 Å². The van der Waals surface area contributed by atoms with Gasteiger partial charge in [0.25, 0.3) is 0 Å². The van der Waals surface area contributed by atoms with Gasteiger partial charge in [-0.25, -0.2) is 0 Å². The van der Waals surface area contributed by atoms with Gasteiger partial charge in [-0.3, -0.25) is 0 Å². The molecule has 5 heteroatoms. The molecule has 0 aromatic heterocycles. The molecule has 0 amide bonds. The summed E-state index contributed by atoms with van der Waals surface area (Å²) in [6.45, 7) is 0. The third-order valence-corrected chi connectivity index (χ3v) is 3.26. The smallest absolute Gasteiger partial charge is 0.416 e. The molecule has 1 aromatic rings. The Kier molecular flexibility index (Phi) is 2.81. The Bertz CT molecular complexity index is 420. The van der Waals surface area contributed by atoms with Crippen LogP contribution in [0.1, 0.15) is 36.8 Å². The van der Waals surface area contributed by atoms with Crippen molar-refractivity contribution in [3.8, 4) is 5.75 Å². The summed E-state index contributed by atoms with van der Waals surface area (Å²) in [6, 6.07) is 2.66. The van der Waals surface area contributed by atoms with E-state index in [1.807, 2.05) is 0 Å². The summed E-state index contributed by atoms with van der Waals surface area (Å²) in [5, 5.41) is 19.8. The standard InChI is InChI=1S/C12H13F3O2/c13-12(14,15)8-3-4-10(16)9(7-8)11(17)5-1-2-6-11/h3-4,7,16-17H,1-2,5-6H2. The molecule has 1 aliphatic rings. The summed E-state index contributed by atoms with van der Waals surface area (Å²) in [5.74, 6) is -0.276. The van der Waals surface area contributed by atoms with Crippen molar-refractivity contribution in [2.45, 2.75) is 37.5 Å². The van der Waals surface area contributed by atoms with Gasteiger partial charge < -0.3 is 10.2 Å². The number of hydrogen-bond donors (Lipinski definition) is 2. The molecule has 0 spiro atoms. The average Bonchev–Trinajstić information content (AvgIpc) is 2.65. The lowest BCUT2D eigenvalue weighted by atomic mass is 9.90. The van der Waals surface area contributed by atoms with Crippen LogP contribution in [0.3, 0.4) is 0 Å². The Morgan fingerprint density at radius 3 is 2.24 bits per heavy atom. The van der Waals surface area contributed by atoms with Crippen LogP contribution in [0.2, 0.25) is 0 Å². The van der Waals surface area contributed by atoms with Crippen molar-refractivity contribution in [3.63, 3.8) is 0 Å². The maximum atomic E-state index is 12.5. The van der Waals surface area contributed by atoms with Crippen LogP contribution in [0.5, 0.6) is 5.75 Å². The van der Waals surface area contributed by atoms with Crippen LogP contribution in [-0.2, 0) is 11.8 Å². The zero-order chi connectivity index (χ0) is 12.7. The second-order valence-corrected chi connectivity index (χ2v) is 4.47. The number of aliphatic hydroxyl groups is 1. The van der Waals surface area contributed by atoms with Gasteiger partial charge in [-0.05, 0) is 31.0 Å². The van der Waals surface area contributed by atoms with Crippen LogP contribution in [0.25, 0.3) is 0 Å². The maximum absolute atomic E-state index is 12.5. The quantitative estimate of drug-likeness (QED) is 0.799. The number of alkyl halides is 3. The molecular weight excluding hydrogens is 233 g/mol. The molecule has 1 aliphatic carbocycles. The topological polar surface area (TPSA) is 40.5 Å². The predicted octanol–water partition coefficient (Wildman–Crippen LogP) is 3.17. The van der Waals surface area contributed by atoms with Crippen molar-refractivity contribution < 1.29 is 23.4 Å². The van der Waals surface area contributed by atoms with Gasteiger partial charge in [-0.2, -0.15) is 13.2 Å². The van der Waals surface area contributed by atoms with E-state index in [2.05, 4.69) is 0 Å². The second kappa shape index (κ2) is 3.91. The largest absolute Gasteiger partial charge is 0.508 e. The zero-order valence-corrected chi connectivity index (χ0v) is 9.09. The minimum atomic E-state index is -4.46. The molecule has 0 heterocycles. The average molecular weight is 246 g/mol. The molecule has 0 atom stereocenters. The summed E-state index contributed by atoms with van der Waals surface area (Å²) in [5.41, 5.74) is -2.17. The molecule has 0 aliphatic heterocycles. The lowest BCUT2D eigenvalue weighted by molar-refractivity contribution is -0.137. The number of hydrogen-bond acceptors (Lipinski definition) is 2. The lowest BCUT2D eigenvalue weighted by Gasteiger charge is -2.24. The fourth-order valence-corrected chi connectivity index (χ4v) is 2.31. The van der Waals surface area contributed by atoms with Gasteiger partial charge in [0, 0.05) is 5.56 Å². The molecule has 2 rings (SSSR count). The van der Waals surface area contributed by atoms with E-state index in [4.69, 9.17) is 0 Å². The number of phenols is 1. The van der Waals surface area contributed by atoms with E-state index in [0.717, 1.165) is 31.0 Å². The molecule has 17 heavy (non-hydrogen) atoms. The van der Waals surface area contributed by atoms with Gasteiger partial charge in [0.15, 0.2) is 0 Å². The van der Waals surface area contributed by atoms with Crippen LogP contribution in [-0.4, -0.2) is 10.2 Å². The molecule has 1 saturated carbocycles. The number of phenolic OH excluding ortho intramolecular Hbond substituents is 1. The van der Waals surface area contributed by atoms with Gasteiger partial charge in [-0.1, -0.05) is 12.8 Å². The Morgan fingerprint density at radius 1 is 1.12 bits per heavy atom. The molecule has 2 N–H and O–H groups in total. The van der Waals surface area contributed by atoms with Gasteiger partial charge >= 0.3 is 6.18 Å². The molecule has 2 nitrogen and oxygen atoms in total. The third-order valence-electron chi connectivity index (χ3n) is 3.26. The Balaban J connectivity index is 2.46. The van der Waals surface area contributed by atoms with E-state index in [-0.39, 0.29) is 11.3 Å². The van der Waals surface area contributed by atoms with E-state index in [1.165, 1.54) is 0 Å². The van der Waals surface area contributed by atoms with E-state index >= 15 is 0 Å². The highest BCUT2D eigenvalue weighted by molar-refractivity contribution is 5.41. The van der Waals surface area contributed by atoms with Crippen LogP contribution in [0.4, 0.5) is 13.2 Å². The van der Waals surface area contributed by atoms with Crippen LogP contribution in [0, 0.1) is 0 Å². The summed E-state index contributed by atoms with van der Waals surface area (Å²) >= 11 is 0. The minimum absolute atomic E-state index is 0.00942. The first-order chi connectivity index (χ1) is 7.83. The van der Waals surface area contributed by atoms with Crippen molar-refractivity contribution in [2.24, 2.45) is 0 Å². The first-order valence-electron chi connectivity index (χ1n) is 5.46. The van der Waals surface area contributed by atoms with Crippen molar-refractivity contribution >= 4 is 0 Å². The van der Waals surface area contributed by atoms with E-state index in [1.54, 1.807) is 0 Å². The number of aromatic hydroxyl groups is 1. The number of halogens is 3. The highest BCUT2D eigenvalue weighted by atomic mass is 19.4. The Morgan fingerprint density at radius 2 is 1.71 bits per heavy atom. The molecule has 1 aromatic carbocycles. The predicted molar refractivity (Wildman–Crippen MR) is 55.5 cm³/mol. The summed E-state index contributed by atoms with van der Waals surface area (Å²) in [7, 11) is 0. The number of rotatable bonds is 1. The van der Waals surface area contributed by atoms with Crippen molar-refractivity contribution in [1.29, 1.82) is 0 Å². The number of benzene rings is 1. The highest BCUT2D eigenvalue weighted by Gasteiger charge is 2.38. The first kappa shape index (κ1) is 12.2. The summed E-state index contributed by atoms with van der Waals surface area (Å²) < 4.78 is 37.6. The summed E-state index contributed by atoms with van der Waals surface area (Å²) in [6.07, 6.45) is -2.17. The molecule has 0 radical (unpaired) electrons. The highest BCUT2D eigenvalue weighted by Crippen LogP contribution is 2.44. The van der Waals surface area contributed by atoms with E-state index in [9.17, 15) is 23.4 Å². The van der Waals surface area contributed by atoms with Crippen LogP contribution >= 0.6 is 0 Å². The van der Waals surface area contributed by atoms with Crippen LogP contribution < -0.4 is 0 Å².